The molecule has 4 heterocycles. The van der Waals surface area contributed by atoms with E-state index >= 15 is 0 Å². The summed E-state index contributed by atoms with van der Waals surface area (Å²) in [5.74, 6) is 4.92. The molecule has 3 N–H and O–H groups in total. The van der Waals surface area contributed by atoms with Gasteiger partial charge in [0.1, 0.15) is 11.3 Å². The van der Waals surface area contributed by atoms with Gasteiger partial charge in [0.05, 0.1) is 31.8 Å². The van der Waals surface area contributed by atoms with Crippen LogP contribution < -0.4 is 10.4 Å². The van der Waals surface area contributed by atoms with Crippen molar-refractivity contribution >= 4 is 22.9 Å². The van der Waals surface area contributed by atoms with Crippen LogP contribution in [0.15, 0.2) is 105 Å². The summed E-state index contributed by atoms with van der Waals surface area (Å²) in [7, 11) is 1.49. The fraction of sp³-hybridized carbons (Fsp3) is 0.400. The second kappa shape index (κ2) is 20.6. The third-order valence-electron chi connectivity index (χ3n) is 13.5. The summed E-state index contributed by atoms with van der Waals surface area (Å²) in [4.78, 5) is 43.5. The highest BCUT2D eigenvalue weighted by atomic mass is 16.6. The lowest BCUT2D eigenvalue weighted by molar-refractivity contribution is -0.190. The highest BCUT2D eigenvalue weighted by Crippen LogP contribution is 2.49. The maximum absolute atomic E-state index is 14.8. The first-order chi connectivity index (χ1) is 32.0. The number of esters is 2. The zero-order chi connectivity index (χ0) is 46.4. The number of hydrogen-bond acceptors (Lipinski definition) is 11. The van der Waals surface area contributed by atoms with Gasteiger partial charge in [0.2, 0.25) is 0 Å². The van der Waals surface area contributed by atoms with Gasteiger partial charge in [-0.05, 0) is 121 Å². The lowest BCUT2D eigenvalue weighted by Crippen LogP contribution is -2.54. The Morgan fingerprint density at radius 2 is 1.68 bits per heavy atom. The van der Waals surface area contributed by atoms with E-state index in [0.29, 0.717) is 43.1 Å². The van der Waals surface area contributed by atoms with Crippen LogP contribution in [0.1, 0.15) is 108 Å². The number of aryl methyl sites for hydroxylation is 2. The summed E-state index contributed by atoms with van der Waals surface area (Å²) < 4.78 is 31.5. The van der Waals surface area contributed by atoms with Gasteiger partial charge in [0.15, 0.2) is 17.8 Å². The van der Waals surface area contributed by atoms with Crippen molar-refractivity contribution in [2.45, 2.75) is 108 Å². The van der Waals surface area contributed by atoms with E-state index in [1.165, 1.54) is 18.2 Å². The molecule has 66 heavy (non-hydrogen) atoms. The second-order valence-electron chi connectivity index (χ2n) is 18.1. The van der Waals surface area contributed by atoms with Crippen LogP contribution in [-0.2, 0) is 62.5 Å². The molecule has 0 fully saturated rings. The SMILES string of the molecule is COCC(CCO)c1c(CO)c2ccc3c(c2oc1=O)C1OC(=O)CC(CCc2cccc(Cc4ccccc4)c2)Cc2ccc4cc2CC#CCC(C)(O3)C1OC(=O)C(=C(C)CO)CC4. The molecule has 0 aliphatic carbocycles. The van der Waals surface area contributed by atoms with Crippen molar-refractivity contribution in [3.05, 3.63) is 157 Å². The van der Waals surface area contributed by atoms with E-state index in [2.05, 4.69) is 66.4 Å². The molecule has 4 aromatic carbocycles. The molecule has 8 rings (SSSR count). The maximum atomic E-state index is 14.8. The van der Waals surface area contributed by atoms with Gasteiger partial charge >= 0.3 is 17.6 Å². The summed E-state index contributed by atoms with van der Waals surface area (Å²) >= 11 is 0. The van der Waals surface area contributed by atoms with Crippen molar-refractivity contribution in [1.29, 1.82) is 0 Å². The Morgan fingerprint density at radius 3 is 2.45 bits per heavy atom. The van der Waals surface area contributed by atoms with Crippen LogP contribution in [0.3, 0.4) is 0 Å². The van der Waals surface area contributed by atoms with Gasteiger partial charge in [-0.1, -0.05) is 84.6 Å². The van der Waals surface area contributed by atoms with Crippen LogP contribution in [-0.4, -0.2) is 65.9 Å². The number of rotatable bonds is 12. The van der Waals surface area contributed by atoms with E-state index in [-0.39, 0.29) is 85.0 Å². The predicted octanol–water partition coefficient (Wildman–Crippen LogP) is 7.72. The predicted molar refractivity (Wildman–Crippen MR) is 249 cm³/mol. The number of aliphatic hydroxyl groups excluding tert-OH is 3. The van der Waals surface area contributed by atoms with Gasteiger partial charge < -0.3 is 38.7 Å². The molecular weight excluding hydrogens is 837 g/mol. The second-order valence-corrected chi connectivity index (χ2v) is 18.1. The molecular formula is C55H58O11. The van der Waals surface area contributed by atoms with Crippen molar-refractivity contribution in [3.63, 3.8) is 0 Å². The molecule has 11 nitrogen and oxygen atoms in total. The smallest absolute Gasteiger partial charge is 0.340 e. The van der Waals surface area contributed by atoms with Gasteiger partial charge in [-0.15, -0.1) is 0 Å². The average Bonchev–Trinajstić information content (AvgIpc) is 3.30. The fourth-order valence-corrected chi connectivity index (χ4v) is 9.92. The van der Waals surface area contributed by atoms with E-state index in [1.807, 2.05) is 18.2 Å². The molecule has 0 saturated heterocycles. The minimum atomic E-state index is -1.39. The van der Waals surface area contributed by atoms with Crippen LogP contribution in [0.25, 0.3) is 11.0 Å². The Labute approximate surface area is 385 Å². The Hall–Kier alpha value is -6.03. The summed E-state index contributed by atoms with van der Waals surface area (Å²) in [5, 5.41) is 31.5. The molecule has 344 valence electrons. The normalized spacial score (nSPS) is 21.9. The highest BCUT2D eigenvalue weighted by molar-refractivity contribution is 5.90. The van der Waals surface area contributed by atoms with Gasteiger partial charge in [0.25, 0.3) is 0 Å². The Kier molecular flexibility index (Phi) is 14.5. The standard InChI is InChI=1S/C55H58O11/c1-34(31-57)43-20-18-37-17-19-41-29-39(16-15-36-12-9-13-38(27-36)26-35-10-5-4-6-11-35)30-47(59)63-51-49-46(66-55(2,52(51)65-53(43)60)24-8-7-14-40(41)28-37)22-21-44-45(32-58)48(54(61)64-50(44)49)42(23-25-56)33-62-3/h4-6,9-13,17,19,21-22,27-28,39,42,51-52,56-58H,14-16,18,20,23-26,29-33H2,1-3H3. The first-order valence-corrected chi connectivity index (χ1v) is 22.9. The lowest BCUT2D eigenvalue weighted by Gasteiger charge is -2.44. The zero-order valence-electron chi connectivity index (χ0n) is 37.9. The third-order valence-corrected chi connectivity index (χ3v) is 13.5. The number of aliphatic hydroxyl groups is 3. The van der Waals surface area contributed by atoms with E-state index in [1.54, 1.807) is 26.0 Å². The zero-order valence-corrected chi connectivity index (χ0v) is 37.9. The maximum Gasteiger partial charge on any atom is 0.340 e. The van der Waals surface area contributed by atoms with Crippen molar-refractivity contribution in [1.82, 2.24) is 0 Å². The minimum Gasteiger partial charge on any atom is -0.482 e. The number of fused-ring (bicyclic) bond motifs is 7. The van der Waals surface area contributed by atoms with Crippen LogP contribution in [0.5, 0.6) is 5.75 Å². The van der Waals surface area contributed by atoms with E-state index in [9.17, 15) is 29.7 Å². The number of carbonyl (C=O) groups is 2. The highest BCUT2D eigenvalue weighted by Gasteiger charge is 2.53. The van der Waals surface area contributed by atoms with E-state index in [0.717, 1.165) is 28.7 Å². The first kappa shape index (κ1) is 46.5. The molecule has 5 bridgehead atoms. The Balaban J connectivity index is 1.26. The third kappa shape index (κ3) is 10.0. The van der Waals surface area contributed by atoms with Crippen molar-refractivity contribution in [3.8, 4) is 17.6 Å². The summed E-state index contributed by atoms with van der Waals surface area (Å²) in [6.45, 7) is 2.38. The van der Waals surface area contributed by atoms with E-state index in [4.69, 9.17) is 23.4 Å². The van der Waals surface area contributed by atoms with Crippen LogP contribution in [0.4, 0.5) is 0 Å². The van der Waals surface area contributed by atoms with Gasteiger partial charge in [0, 0.05) is 49.0 Å². The molecule has 1 aromatic heterocycles. The average molecular weight is 895 g/mol. The number of benzene rings is 4. The van der Waals surface area contributed by atoms with Crippen LogP contribution in [0, 0.1) is 17.8 Å². The van der Waals surface area contributed by atoms with Crippen molar-refractivity contribution < 1.29 is 48.3 Å². The Bertz CT molecular complexity index is 2730. The summed E-state index contributed by atoms with van der Waals surface area (Å²) in [5.41, 5.74) is 5.92. The van der Waals surface area contributed by atoms with Crippen LogP contribution in [0.2, 0.25) is 0 Å². The van der Waals surface area contributed by atoms with Crippen molar-refractivity contribution in [2.24, 2.45) is 5.92 Å². The Morgan fingerprint density at radius 1 is 0.879 bits per heavy atom. The van der Waals surface area contributed by atoms with Crippen LogP contribution >= 0.6 is 0 Å². The summed E-state index contributed by atoms with van der Waals surface area (Å²) in [6.07, 6.45) is 1.59. The largest absolute Gasteiger partial charge is 0.482 e. The monoisotopic (exact) mass is 894 g/mol. The lowest BCUT2D eigenvalue weighted by atomic mass is 9.82. The molecule has 0 amide bonds. The molecule has 0 radical (unpaired) electrons. The molecule has 3 aliphatic heterocycles. The molecule has 0 saturated carbocycles. The molecule has 0 spiro atoms. The molecule has 5 unspecified atom stereocenters. The number of methoxy groups -OCH3 is 1. The van der Waals surface area contributed by atoms with Crippen molar-refractivity contribution in [2.75, 3.05) is 26.9 Å². The summed E-state index contributed by atoms with van der Waals surface area (Å²) in [6, 6.07) is 28.6. The number of hydrogen-bond donors (Lipinski definition) is 3. The molecule has 5 aromatic rings. The van der Waals surface area contributed by atoms with Gasteiger partial charge in [-0.3, -0.25) is 4.79 Å². The fourth-order valence-electron chi connectivity index (χ4n) is 9.92. The minimum absolute atomic E-state index is 0.00592. The molecule has 3 aliphatic rings. The molecule has 5 atom stereocenters. The quantitative estimate of drug-likeness (QED) is 0.0487. The van der Waals surface area contributed by atoms with E-state index < -0.39 is 47.9 Å². The first-order valence-electron chi connectivity index (χ1n) is 22.9. The van der Waals surface area contributed by atoms with Gasteiger partial charge in [-0.25, -0.2) is 9.59 Å². The van der Waals surface area contributed by atoms with Gasteiger partial charge in [-0.2, -0.15) is 0 Å². The topological polar surface area (TPSA) is 162 Å². The number of ether oxygens (including phenoxy) is 4. The number of carbonyl (C=O) groups excluding carboxylic acids is 2. The molecule has 11 heteroatoms.